The molecule has 2 radical (unpaired) electrons. The van der Waals surface area contributed by atoms with Crippen molar-refractivity contribution in [3.05, 3.63) is 0 Å². The minimum atomic E-state index is -0.594. The van der Waals surface area contributed by atoms with Crippen LogP contribution in [0.2, 0.25) is 3.43 Å². The molecule has 16 heavy (non-hydrogen) atoms. The Labute approximate surface area is 117 Å². The van der Waals surface area contributed by atoms with E-state index in [0.29, 0.717) is 3.43 Å². The van der Waals surface area contributed by atoms with Crippen molar-refractivity contribution in [3.8, 4) is 0 Å². The van der Waals surface area contributed by atoms with Crippen LogP contribution in [0.25, 0.3) is 0 Å². The van der Waals surface area contributed by atoms with Crippen LogP contribution in [-0.2, 0) is 0 Å². The molecule has 0 aromatic rings. The molecule has 0 nitrogen and oxygen atoms in total. The molecule has 0 saturated carbocycles. The first-order chi connectivity index (χ1) is 7.62. The number of unbranched alkanes of at least 4 members (excludes halogenated alkanes) is 8. The van der Waals surface area contributed by atoms with Crippen molar-refractivity contribution < 1.29 is 0 Å². The Bertz CT molecular complexity index is 146. The van der Waals surface area contributed by atoms with E-state index in [-0.39, 0.29) is 0 Å². The van der Waals surface area contributed by atoms with Crippen LogP contribution in [0.5, 0.6) is 0 Å². The van der Waals surface area contributed by atoms with Gasteiger partial charge in [-0.05, 0) is 0 Å². The Morgan fingerprint density at radius 1 is 0.812 bits per heavy atom. The molecule has 0 unspecified atom stereocenters. The summed E-state index contributed by atoms with van der Waals surface area (Å²) in [5.74, 6) is 0. The average Bonchev–Trinajstić information content (AvgIpc) is 2.27. The van der Waals surface area contributed by atoms with Gasteiger partial charge in [0.1, 0.15) is 0 Å². The second kappa shape index (κ2) is 11.2. The predicted molar refractivity (Wildman–Crippen MR) is 77.5 cm³/mol. The minimum absolute atomic E-state index is 0.520. The van der Waals surface area contributed by atoms with Crippen molar-refractivity contribution in [3.63, 3.8) is 0 Å². The van der Waals surface area contributed by atoms with Gasteiger partial charge in [0.25, 0.3) is 0 Å². The summed E-state index contributed by atoms with van der Waals surface area (Å²) in [6.07, 6.45) is 14.2. The van der Waals surface area contributed by atoms with Gasteiger partial charge in [-0.25, -0.2) is 0 Å². The molecule has 0 bridgehead atoms. The summed E-state index contributed by atoms with van der Waals surface area (Å²) < 4.78 is 0.520. The van der Waals surface area contributed by atoms with E-state index in [1.165, 1.54) is 64.2 Å². The zero-order valence-corrected chi connectivity index (χ0v) is 15.1. The molecule has 96 valence electrons. The Kier molecular flexibility index (Phi) is 12.0. The molecule has 0 spiro atoms. The van der Waals surface area contributed by atoms with Crippen molar-refractivity contribution in [2.75, 3.05) is 0 Å². The number of halogens is 1. The normalized spacial score (nSPS) is 12.0. The second-order valence-electron chi connectivity index (χ2n) is 5.56. The first kappa shape index (κ1) is 17.1. The molecule has 2 heteroatoms. The van der Waals surface area contributed by atoms with Crippen molar-refractivity contribution >= 4 is 28.9 Å². The van der Waals surface area contributed by atoms with Crippen LogP contribution in [0.3, 0.4) is 0 Å². The molecular formula is C14H29ClSn. The topological polar surface area (TPSA) is 0 Å². The quantitative estimate of drug-likeness (QED) is 0.318. The van der Waals surface area contributed by atoms with Crippen molar-refractivity contribution in [2.24, 2.45) is 0 Å². The fourth-order valence-electron chi connectivity index (χ4n) is 1.92. The molecule has 0 aliphatic rings. The van der Waals surface area contributed by atoms with E-state index < -0.39 is 20.0 Å². The van der Waals surface area contributed by atoms with Crippen molar-refractivity contribution in [1.82, 2.24) is 0 Å². The van der Waals surface area contributed by atoms with Crippen LogP contribution in [0.1, 0.15) is 85.0 Å². The first-order valence-electron chi connectivity index (χ1n) is 7.00. The van der Waals surface area contributed by atoms with Gasteiger partial charge in [-0.2, -0.15) is 0 Å². The van der Waals surface area contributed by atoms with Crippen LogP contribution in [0.15, 0.2) is 0 Å². The van der Waals surface area contributed by atoms with Gasteiger partial charge in [0, 0.05) is 0 Å². The summed E-state index contributed by atoms with van der Waals surface area (Å²) in [5, 5.41) is 0. The molecule has 0 amide bonds. The third-order valence-corrected chi connectivity index (χ3v) is 8.77. The van der Waals surface area contributed by atoms with Crippen LogP contribution in [0.4, 0.5) is 0 Å². The fourth-order valence-corrected chi connectivity index (χ4v) is 3.33. The monoisotopic (exact) mass is 352 g/mol. The number of hydrogen-bond donors (Lipinski definition) is 0. The van der Waals surface area contributed by atoms with Crippen LogP contribution in [-0.4, -0.2) is 20.0 Å². The third-order valence-electron chi connectivity index (χ3n) is 3.16. The van der Waals surface area contributed by atoms with Gasteiger partial charge < -0.3 is 0 Å². The molecule has 0 atom stereocenters. The van der Waals surface area contributed by atoms with Gasteiger partial charge in [-0.1, -0.05) is 0 Å². The van der Waals surface area contributed by atoms with Crippen LogP contribution >= 0.6 is 8.92 Å². The Hall–Kier alpha value is 1.09. The van der Waals surface area contributed by atoms with E-state index in [4.69, 9.17) is 8.92 Å². The summed E-state index contributed by atoms with van der Waals surface area (Å²) in [7, 11) is 6.07. The van der Waals surface area contributed by atoms with E-state index >= 15 is 0 Å². The molecule has 0 aromatic heterocycles. The molecule has 0 aliphatic heterocycles. The van der Waals surface area contributed by atoms with Crippen molar-refractivity contribution in [2.45, 2.75) is 88.4 Å². The van der Waals surface area contributed by atoms with E-state index in [0.717, 1.165) is 0 Å². The van der Waals surface area contributed by atoms with Gasteiger partial charge in [-0.3, -0.25) is 0 Å². The summed E-state index contributed by atoms with van der Waals surface area (Å²) in [6, 6.07) is 0. The summed E-state index contributed by atoms with van der Waals surface area (Å²) in [6.45, 7) is 6.97. The van der Waals surface area contributed by atoms with Gasteiger partial charge in [0.2, 0.25) is 0 Å². The molecule has 0 heterocycles. The average molecular weight is 352 g/mol. The molecule has 0 fully saturated rings. The molecule has 0 aromatic carbocycles. The number of rotatable bonds is 11. The maximum atomic E-state index is 6.07. The van der Waals surface area contributed by atoms with Gasteiger partial charge in [-0.15, -0.1) is 0 Å². The van der Waals surface area contributed by atoms with Crippen LogP contribution in [0, 0.1) is 0 Å². The van der Waals surface area contributed by atoms with E-state index in [1.54, 1.807) is 0 Å². The molecular weight excluding hydrogens is 322 g/mol. The SMILES string of the molecule is CCCCCCCCCCC[C](C)(C)[Sn][Cl]. The van der Waals surface area contributed by atoms with E-state index in [2.05, 4.69) is 20.8 Å². The fraction of sp³-hybridized carbons (Fsp3) is 1.00. The Morgan fingerprint density at radius 2 is 1.25 bits per heavy atom. The molecule has 0 rings (SSSR count). The standard InChI is InChI=1S/C14H29.ClH.Sn/c1-4-5-6-7-8-9-10-11-12-13-14(2)3;;/h4-13H2,1-3H3;1H;/q;;+1/p-1. The van der Waals surface area contributed by atoms with E-state index in [9.17, 15) is 0 Å². The zero-order chi connectivity index (χ0) is 12.3. The summed E-state index contributed by atoms with van der Waals surface area (Å²) in [4.78, 5) is 0. The summed E-state index contributed by atoms with van der Waals surface area (Å²) in [5.41, 5.74) is 0. The Balaban J connectivity index is 3.10. The van der Waals surface area contributed by atoms with E-state index in [1.807, 2.05) is 0 Å². The van der Waals surface area contributed by atoms with Gasteiger partial charge in [0.05, 0.1) is 0 Å². The second-order valence-corrected chi connectivity index (χ2v) is 11.2. The summed E-state index contributed by atoms with van der Waals surface area (Å²) >= 11 is -0.594. The third kappa shape index (κ3) is 11.6. The molecule has 0 saturated heterocycles. The predicted octanol–water partition coefficient (Wildman–Crippen LogP) is 5.96. The maximum absolute atomic E-state index is 6.07. The van der Waals surface area contributed by atoms with Crippen molar-refractivity contribution in [1.29, 1.82) is 0 Å². The van der Waals surface area contributed by atoms with Gasteiger partial charge in [0.15, 0.2) is 0 Å². The first-order valence-corrected chi connectivity index (χ1v) is 12.0. The van der Waals surface area contributed by atoms with Crippen LogP contribution < -0.4 is 0 Å². The van der Waals surface area contributed by atoms with Gasteiger partial charge >= 0.3 is 117 Å². The number of hydrogen-bond acceptors (Lipinski definition) is 0. The molecule has 0 N–H and O–H groups in total. The molecule has 0 aliphatic carbocycles. The Morgan fingerprint density at radius 3 is 1.69 bits per heavy atom. The zero-order valence-electron chi connectivity index (χ0n) is 11.4.